The molecule has 0 aliphatic carbocycles. The number of nitrogens with zero attached hydrogens (tertiary/aromatic N) is 4. The summed E-state index contributed by atoms with van der Waals surface area (Å²) < 4.78 is 7.16. The van der Waals surface area contributed by atoms with Crippen molar-refractivity contribution in [1.29, 1.82) is 0 Å². The molecule has 0 saturated carbocycles. The van der Waals surface area contributed by atoms with Crippen LogP contribution in [0.25, 0.3) is 11.3 Å². The molecule has 2 N–H and O–H groups in total. The predicted octanol–water partition coefficient (Wildman–Crippen LogP) is 2.25. The van der Waals surface area contributed by atoms with E-state index in [4.69, 9.17) is 10.3 Å². The molecule has 0 aliphatic rings. The molecule has 0 unspecified atom stereocenters. The number of aryl methyl sites for hydroxylation is 1. The lowest BCUT2D eigenvalue weighted by Crippen LogP contribution is -2.11. The van der Waals surface area contributed by atoms with E-state index in [-0.39, 0.29) is 0 Å². The highest BCUT2D eigenvalue weighted by molar-refractivity contribution is 7.98. The van der Waals surface area contributed by atoms with E-state index >= 15 is 0 Å². The number of aromatic nitrogens is 4. The van der Waals surface area contributed by atoms with Crippen LogP contribution in [0.15, 0.2) is 46.1 Å². The van der Waals surface area contributed by atoms with Crippen LogP contribution in [0.1, 0.15) is 11.7 Å². The average Bonchev–Trinajstić information content (AvgIpc) is 3.07. The Hall–Kier alpha value is -2.28. The first-order valence-corrected chi connectivity index (χ1v) is 7.02. The third-order valence-corrected chi connectivity index (χ3v) is 3.70. The molecule has 102 valence electrons. The summed E-state index contributed by atoms with van der Waals surface area (Å²) in [6.07, 6.45) is 1.73. The van der Waals surface area contributed by atoms with Gasteiger partial charge in [-0.3, -0.25) is 0 Å². The Morgan fingerprint density at radius 1 is 1.25 bits per heavy atom. The highest BCUT2D eigenvalue weighted by atomic mass is 32.2. The lowest BCUT2D eigenvalue weighted by atomic mass is 10.2. The van der Waals surface area contributed by atoms with Gasteiger partial charge in [0.2, 0.25) is 11.0 Å². The van der Waals surface area contributed by atoms with Gasteiger partial charge < -0.3 is 10.3 Å². The van der Waals surface area contributed by atoms with Crippen molar-refractivity contribution in [3.05, 3.63) is 48.2 Å². The van der Waals surface area contributed by atoms with E-state index in [9.17, 15) is 0 Å². The number of hydrogen-bond donors (Lipinski definition) is 1. The standard InChI is InChI=1S/C13H13N5OS/c1-9-16-17-13(18(9)14)20-8-12-15-7-11(19-12)10-5-3-2-4-6-10/h2-7H,8,14H2,1H3. The number of oxazole rings is 1. The Morgan fingerprint density at radius 3 is 2.75 bits per heavy atom. The van der Waals surface area contributed by atoms with E-state index in [0.717, 1.165) is 11.3 Å². The van der Waals surface area contributed by atoms with Gasteiger partial charge in [-0.1, -0.05) is 42.1 Å². The molecule has 0 radical (unpaired) electrons. The minimum atomic E-state index is 0.558. The third-order valence-electron chi connectivity index (χ3n) is 2.77. The van der Waals surface area contributed by atoms with Gasteiger partial charge in [0.1, 0.15) is 5.82 Å². The number of benzene rings is 1. The number of hydrogen-bond acceptors (Lipinski definition) is 6. The summed E-state index contributed by atoms with van der Waals surface area (Å²) in [5, 5.41) is 8.51. The van der Waals surface area contributed by atoms with E-state index in [0.29, 0.717) is 22.6 Å². The zero-order chi connectivity index (χ0) is 13.9. The second-order valence-electron chi connectivity index (χ2n) is 4.17. The zero-order valence-corrected chi connectivity index (χ0v) is 11.7. The first-order valence-electron chi connectivity index (χ1n) is 6.04. The molecule has 0 atom stereocenters. The summed E-state index contributed by atoms with van der Waals surface area (Å²) >= 11 is 1.44. The molecule has 3 aromatic rings. The number of nitrogens with two attached hydrogens (primary N) is 1. The molecule has 0 amide bonds. The molecule has 0 spiro atoms. The molecule has 6 nitrogen and oxygen atoms in total. The van der Waals surface area contributed by atoms with Crippen LogP contribution in [0.2, 0.25) is 0 Å². The first kappa shape index (κ1) is 12.7. The summed E-state index contributed by atoms with van der Waals surface area (Å²) in [5.41, 5.74) is 1.01. The Balaban J connectivity index is 1.70. The van der Waals surface area contributed by atoms with Gasteiger partial charge in [-0.05, 0) is 6.92 Å². The SMILES string of the molecule is Cc1nnc(SCc2ncc(-c3ccccc3)o2)n1N. The van der Waals surface area contributed by atoms with Gasteiger partial charge in [0, 0.05) is 5.56 Å². The number of thioether (sulfide) groups is 1. The molecule has 7 heteroatoms. The number of nitrogen functional groups attached to an aromatic ring is 1. The van der Waals surface area contributed by atoms with Gasteiger partial charge in [-0.2, -0.15) is 0 Å². The van der Waals surface area contributed by atoms with Gasteiger partial charge in [0.25, 0.3) is 0 Å². The fourth-order valence-corrected chi connectivity index (χ4v) is 2.44. The van der Waals surface area contributed by atoms with Crippen molar-refractivity contribution in [3.8, 4) is 11.3 Å². The van der Waals surface area contributed by atoms with E-state index < -0.39 is 0 Å². The summed E-state index contributed by atoms with van der Waals surface area (Å²) in [6.45, 7) is 1.80. The molecule has 2 aromatic heterocycles. The van der Waals surface area contributed by atoms with Crippen LogP contribution in [0.4, 0.5) is 0 Å². The number of rotatable bonds is 4. The minimum absolute atomic E-state index is 0.558. The maximum atomic E-state index is 5.78. The smallest absolute Gasteiger partial charge is 0.210 e. The maximum Gasteiger partial charge on any atom is 0.210 e. The van der Waals surface area contributed by atoms with Crippen LogP contribution < -0.4 is 5.84 Å². The van der Waals surface area contributed by atoms with Crippen molar-refractivity contribution in [1.82, 2.24) is 19.9 Å². The van der Waals surface area contributed by atoms with Crippen LogP contribution in [0.5, 0.6) is 0 Å². The molecule has 0 bridgehead atoms. The lowest BCUT2D eigenvalue weighted by Gasteiger charge is -1.99. The molecule has 3 rings (SSSR count). The Morgan fingerprint density at radius 2 is 2.05 bits per heavy atom. The van der Waals surface area contributed by atoms with Crippen molar-refractivity contribution in [2.75, 3.05) is 5.84 Å². The molecular formula is C13H13N5OS. The van der Waals surface area contributed by atoms with Crippen molar-refractivity contribution in [3.63, 3.8) is 0 Å². The van der Waals surface area contributed by atoms with Gasteiger partial charge in [0.05, 0.1) is 11.9 Å². The van der Waals surface area contributed by atoms with E-state index in [1.54, 1.807) is 13.1 Å². The van der Waals surface area contributed by atoms with Crippen LogP contribution in [-0.2, 0) is 5.75 Å². The van der Waals surface area contributed by atoms with Crippen LogP contribution in [0.3, 0.4) is 0 Å². The summed E-state index contributed by atoms with van der Waals surface area (Å²) in [7, 11) is 0. The average molecular weight is 287 g/mol. The third kappa shape index (κ3) is 2.53. The van der Waals surface area contributed by atoms with Crippen LogP contribution in [0, 0.1) is 6.92 Å². The fraction of sp³-hybridized carbons (Fsp3) is 0.154. The summed E-state index contributed by atoms with van der Waals surface area (Å²) in [5.74, 6) is 8.40. The fourth-order valence-electron chi connectivity index (χ4n) is 1.69. The molecule has 0 saturated heterocycles. The summed E-state index contributed by atoms with van der Waals surface area (Å²) in [6, 6.07) is 9.86. The quantitative estimate of drug-likeness (QED) is 0.585. The molecular weight excluding hydrogens is 274 g/mol. The minimum Gasteiger partial charge on any atom is -0.440 e. The molecule has 0 fully saturated rings. The van der Waals surface area contributed by atoms with Gasteiger partial charge in [-0.15, -0.1) is 10.2 Å². The summed E-state index contributed by atoms with van der Waals surface area (Å²) in [4.78, 5) is 4.26. The Labute approximate surface area is 120 Å². The maximum absolute atomic E-state index is 5.78. The van der Waals surface area contributed by atoms with Gasteiger partial charge in [-0.25, -0.2) is 9.66 Å². The van der Waals surface area contributed by atoms with Crippen molar-refractivity contribution in [2.24, 2.45) is 0 Å². The van der Waals surface area contributed by atoms with Gasteiger partial charge in [0.15, 0.2) is 5.76 Å². The highest BCUT2D eigenvalue weighted by Gasteiger charge is 2.10. The predicted molar refractivity (Wildman–Crippen MR) is 76.4 cm³/mol. The Kier molecular flexibility index (Phi) is 3.42. The van der Waals surface area contributed by atoms with E-state index in [2.05, 4.69) is 15.2 Å². The normalized spacial score (nSPS) is 10.8. The van der Waals surface area contributed by atoms with E-state index in [1.165, 1.54) is 16.4 Å². The second kappa shape index (κ2) is 5.38. The molecule has 2 heterocycles. The second-order valence-corrected chi connectivity index (χ2v) is 5.12. The van der Waals surface area contributed by atoms with Crippen molar-refractivity contribution >= 4 is 11.8 Å². The van der Waals surface area contributed by atoms with E-state index in [1.807, 2.05) is 30.3 Å². The van der Waals surface area contributed by atoms with Crippen molar-refractivity contribution in [2.45, 2.75) is 17.8 Å². The Bertz CT molecular complexity index is 707. The molecule has 0 aliphatic heterocycles. The highest BCUT2D eigenvalue weighted by Crippen LogP contribution is 2.24. The monoisotopic (exact) mass is 287 g/mol. The molecule has 20 heavy (non-hydrogen) atoms. The lowest BCUT2D eigenvalue weighted by molar-refractivity contribution is 0.529. The first-order chi connectivity index (χ1) is 9.74. The largest absolute Gasteiger partial charge is 0.440 e. The topological polar surface area (TPSA) is 82.8 Å². The molecule has 1 aromatic carbocycles. The van der Waals surface area contributed by atoms with Crippen molar-refractivity contribution < 1.29 is 4.42 Å². The van der Waals surface area contributed by atoms with Gasteiger partial charge >= 0.3 is 0 Å². The van der Waals surface area contributed by atoms with Crippen LogP contribution >= 0.6 is 11.8 Å². The van der Waals surface area contributed by atoms with Crippen LogP contribution in [-0.4, -0.2) is 19.9 Å². The zero-order valence-electron chi connectivity index (χ0n) is 10.9.